The summed E-state index contributed by atoms with van der Waals surface area (Å²) in [7, 11) is 0. The number of carboxylic acid groups (broad SMARTS) is 1. The number of rotatable bonds is 13. The summed E-state index contributed by atoms with van der Waals surface area (Å²) < 4.78 is 15.6. The number of unbranched alkanes of at least 4 members (excludes halogenated alkanes) is 1. The maximum Gasteiger partial charge on any atom is 0.508 e. The first-order valence-corrected chi connectivity index (χ1v) is 16.4. The zero-order chi connectivity index (χ0) is 34.2. The predicted molar refractivity (Wildman–Crippen MR) is 171 cm³/mol. The van der Waals surface area contributed by atoms with E-state index >= 15 is 0 Å². The van der Waals surface area contributed by atoms with E-state index in [1.165, 1.54) is 9.80 Å². The van der Waals surface area contributed by atoms with E-state index in [1.807, 2.05) is 42.2 Å². The number of anilines is 1. The second-order valence-electron chi connectivity index (χ2n) is 12.0. The highest BCUT2D eigenvalue weighted by atomic mass is 16.7. The molecule has 0 radical (unpaired) electrons. The summed E-state index contributed by atoms with van der Waals surface area (Å²) in [5, 5.41) is 12.1. The number of hydrogen-bond donors (Lipinski definition) is 2. The molecule has 2 N–H and O–H groups in total. The highest BCUT2D eigenvalue weighted by Crippen LogP contribution is 2.49. The Bertz CT molecular complexity index is 1470. The lowest BCUT2D eigenvalue weighted by atomic mass is 10.1. The topological polar surface area (TPSA) is 181 Å². The molecule has 0 spiro atoms. The van der Waals surface area contributed by atoms with Gasteiger partial charge >= 0.3 is 18.2 Å². The Hall–Kier alpha value is -4.95. The third kappa shape index (κ3) is 8.49. The van der Waals surface area contributed by atoms with Gasteiger partial charge in [-0.05, 0) is 19.8 Å². The smallest absolute Gasteiger partial charge is 0.481 e. The van der Waals surface area contributed by atoms with Gasteiger partial charge in [0.05, 0.1) is 13.2 Å². The minimum absolute atomic E-state index is 0.0199. The lowest BCUT2D eigenvalue weighted by molar-refractivity contribution is -0.138. The number of aliphatic carboxylic acids is 1. The standard InChI is InChI=1S/C33H42N6O9/c1-3-5-17-47-32(44)38-15-13-37(14-16-38)31(43)24(11-12-27(40)41)35-30(42)25-18-26(36-29(34-25)21-9-7-6-8-10-21)39-19-22-23(20-39)28(22)48-33(45)46-4-2/h6-10,18,22-24,28H,3-5,11-17,19-20H2,1-2H3,(H,35,42)(H,40,41)/t22-,23+,24-,28-/m0/s1. The first-order chi connectivity index (χ1) is 23.2. The van der Waals surface area contributed by atoms with Crippen LogP contribution in [0.2, 0.25) is 0 Å². The van der Waals surface area contributed by atoms with Gasteiger partial charge in [-0.1, -0.05) is 43.7 Å². The summed E-state index contributed by atoms with van der Waals surface area (Å²) >= 11 is 0. The Kier molecular flexibility index (Phi) is 11.3. The Labute approximate surface area is 278 Å². The number of nitrogens with one attached hydrogen (secondary N) is 1. The number of aromatic nitrogens is 2. The third-order valence-electron chi connectivity index (χ3n) is 8.73. The fourth-order valence-corrected chi connectivity index (χ4v) is 6.01. The number of carbonyl (C=O) groups is 5. The first-order valence-electron chi connectivity index (χ1n) is 16.4. The van der Waals surface area contributed by atoms with Gasteiger partial charge in [-0.15, -0.1) is 0 Å². The number of carboxylic acids is 1. The molecule has 3 fully saturated rings. The molecule has 258 valence electrons. The van der Waals surface area contributed by atoms with Crippen molar-refractivity contribution >= 4 is 35.9 Å². The molecule has 1 saturated carbocycles. The molecule has 3 heterocycles. The molecule has 2 aromatic rings. The number of amides is 3. The molecule has 4 atom stereocenters. The van der Waals surface area contributed by atoms with Crippen molar-refractivity contribution in [3.8, 4) is 11.4 Å². The van der Waals surface area contributed by atoms with Crippen molar-refractivity contribution in [2.24, 2.45) is 11.8 Å². The van der Waals surface area contributed by atoms with E-state index in [4.69, 9.17) is 19.2 Å². The number of piperidine rings is 1. The van der Waals surface area contributed by atoms with E-state index in [-0.39, 0.29) is 69.3 Å². The second kappa shape index (κ2) is 15.8. The zero-order valence-corrected chi connectivity index (χ0v) is 27.2. The van der Waals surface area contributed by atoms with Crippen LogP contribution in [-0.4, -0.2) is 120 Å². The van der Waals surface area contributed by atoms with E-state index in [0.29, 0.717) is 36.9 Å². The van der Waals surface area contributed by atoms with Crippen LogP contribution in [0.15, 0.2) is 36.4 Å². The van der Waals surface area contributed by atoms with Gasteiger partial charge < -0.3 is 39.3 Å². The van der Waals surface area contributed by atoms with Crippen molar-refractivity contribution in [2.75, 3.05) is 57.4 Å². The lowest BCUT2D eigenvalue weighted by Crippen LogP contribution is -2.56. The number of fused-ring (bicyclic) bond motifs is 1. The fourth-order valence-electron chi connectivity index (χ4n) is 6.01. The number of piperazine rings is 1. The van der Waals surface area contributed by atoms with Crippen LogP contribution >= 0.6 is 0 Å². The van der Waals surface area contributed by atoms with Crippen LogP contribution in [-0.2, 0) is 23.8 Å². The van der Waals surface area contributed by atoms with Gasteiger partial charge in [0.1, 0.15) is 23.7 Å². The van der Waals surface area contributed by atoms with Crippen LogP contribution in [0.25, 0.3) is 11.4 Å². The van der Waals surface area contributed by atoms with Gasteiger partial charge in [0.2, 0.25) is 5.91 Å². The van der Waals surface area contributed by atoms with Crippen molar-refractivity contribution in [2.45, 2.75) is 51.7 Å². The van der Waals surface area contributed by atoms with E-state index in [2.05, 4.69) is 10.3 Å². The molecule has 2 saturated heterocycles. The lowest BCUT2D eigenvalue weighted by Gasteiger charge is -2.36. The molecule has 2 aliphatic heterocycles. The Morgan fingerprint density at radius 1 is 0.958 bits per heavy atom. The van der Waals surface area contributed by atoms with Gasteiger partial charge in [-0.25, -0.2) is 19.6 Å². The maximum absolute atomic E-state index is 13.7. The summed E-state index contributed by atoms with van der Waals surface area (Å²) in [5.41, 5.74) is 0.706. The molecule has 3 amide bonds. The summed E-state index contributed by atoms with van der Waals surface area (Å²) in [4.78, 5) is 77.3. The van der Waals surface area contributed by atoms with Gasteiger partial charge in [0.25, 0.3) is 5.91 Å². The number of hydrogen-bond acceptors (Lipinski definition) is 11. The van der Waals surface area contributed by atoms with Crippen LogP contribution in [0.3, 0.4) is 0 Å². The number of ether oxygens (including phenoxy) is 3. The maximum atomic E-state index is 13.7. The minimum atomic E-state index is -1.13. The van der Waals surface area contributed by atoms with Gasteiger partial charge in [-0.2, -0.15) is 0 Å². The van der Waals surface area contributed by atoms with E-state index < -0.39 is 36.1 Å². The largest absolute Gasteiger partial charge is 0.508 e. The molecule has 0 bridgehead atoms. The summed E-state index contributed by atoms with van der Waals surface area (Å²) in [6, 6.07) is 9.59. The van der Waals surface area contributed by atoms with E-state index in [1.54, 1.807) is 13.0 Å². The van der Waals surface area contributed by atoms with Crippen molar-refractivity contribution in [3.63, 3.8) is 0 Å². The van der Waals surface area contributed by atoms with Crippen LogP contribution in [0.5, 0.6) is 0 Å². The van der Waals surface area contributed by atoms with Gasteiger partial charge in [-0.3, -0.25) is 14.4 Å². The average Bonchev–Trinajstić information content (AvgIpc) is 3.51. The fraction of sp³-hybridized carbons (Fsp3) is 0.545. The van der Waals surface area contributed by atoms with Crippen molar-refractivity contribution in [1.82, 2.24) is 25.1 Å². The second-order valence-corrected chi connectivity index (χ2v) is 12.0. The highest BCUT2D eigenvalue weighted by molar-refractivity contribution is 5.97. The van der Waals surface area contributed by atoms with Gasteiger partial charge in [0.15, 0.2) is 5.82 Å². The number of nitrogens with zero attached hydrogens (tertiary/aromatic N) is 5. The predicted octanol–water partition coefficient (Wildman–Crippen LogP) is 2.80. The van der Waals surface area contributed by atoms with E-state index in [9.17, 15) is 29.1 Å². The summed E-state index contributed by atoms with van der Waals surface area (Å²) in [6.45, 7) is 6.34. The van der Waals surface area contributed by atoms with Gasteiger partial charge in [0, 0.05) is 69.2 Å². The first kappa shape index (κ1) is 34.4. The average molecular weight is 667 g/mol. The van der Waals surface area contributed by atoms with Crippen LogP contribution < -0.4 is 10.2 Å². The molecule has 15 heteroatoms. The van der Waals surface area contributed by atoms with Crippen LogP contribution in [0, 0.1) is 11.8 Å². The SMILES string of the molecule is CCCCOC(=O)N1CCN(C(=O)[C@H](CCC(=O)O)NC(=O)c2cc(N3C[C@@H]4[C@H](C3)[C@@H]4OC(=O)OCC)nc(-c3ccccc3)n2)CC1. The summed E-state index contributed by atoms with van der Waals surface area (Å²) in [5.74, 6) is -1.15. The zero-order valence-electron chi connectivity index (χ0n) is 27.2. The van der Waals surface area contributed by atoms with Crippen molar-refractivity contribution < 1.29 is 43.3 Å². The quantitative estimate of drug-likeness (QED) is 0.236. The third-order valence-corrected chi connectivity index (χ3v) is 8.73. The number of benzene rings is 1. The van der Waals surface area contributed by atoms with Crippen LogP contribution in [0.1, 0.15) is 50.0 Å². The molecule has 5 rings (SSSR count). The molecular formula is C33H42N6O9. The van der Waals surface area contributed by atoms with Crippen LogP contribution in [0.4, 0.5) is 15.4 Å². The molecule has 3 aliphatic rings. The molecule has 15 nitrogen and oxygen atoms in total. The monoisotopic (exact) mass is 666 g/mol. The molecule has 1 aliphatic carbocycles. The number of carbonyl (C=O) groups excluding carboxylic acids is 4. The molecule has 1 aromatic heterocycles. The van der Waals surface area contributed by atoms with Crippen molar-refractivity contribution in [1.29, 1.82) is 0 Å². The molecule has 0 unspecified atom stereocenters. The Morgan fingerprint density at radius 2 is 1.65 bits per heavy atom. The molecule has 48 heavy (non-hydrogen) atoms. The Morgan fingerprint density at radius 3 is 2.29 bits per heavy atom. The molecular weight excluding hydrogens is 624 g/mol. The Balaban J connectivity index is 1.29. The highest BCUT2D eigenvalue weighted by Gasteiger charge is 2.59. The summed E-state index contributed by atoms with van der Waals surface area (Å²) in [6.07, 6.45) is -0.145. The minimum Gasteiger partial charge on any atom is -0.481 e. The normalized spacial score (nSPS) is 20.4. The van der Waals surface area contributed by atoms with Crippen molar-refractivity contribution in [3.05, 3.63) is 42.1 Å². The van der Waals surface area contributed by atoms with E-state index in [0.717, 1.165) is 12.8 Å². The molecule has 1 aromatic carbocycles.